The lowest BCUT2D eigenvalue weighted by atomic mass is 9.49. The van der Waals surface area contributed by atoms with Crippen LogP contribution in [0, 0.1) is 29.1 Å². The van der Waals surface area contributed by atoms with Crippen LogP contribution in [0.15, 0.2) is 0 Å². The molecular formula is C17H29ClN2O. The third kappa shape index (κ3) is 2.61. The van der Waals surface area contributed by atoms with Gasteiger partial charge in [0.05, 0.1) is 5.41 Å². The first-order valence-corrected chi connectivity index (χ1v) is 8.68. The van der Waals surface area contributed by atoms with Crippen LogP contribution in [-0.4, -0.2) is 30.4 Å². The van der Waals surface area contributed by atoms with Crippen LogP contribution in [0.1, 0.15) is 51.4 Å². The Labute approximate surface area is 134 Å². The lowest BCUT2D eigenvalue weighted by molar-refractivity contribution is -0.159. The van der Waals surface area contributed by atoms with Gasteiger partial charge in [0.25, 0.3) is 0 Å². The van der Waals surface area contributed by atoms with E-state index in [0.29, 0.717) is 11.8 Å². The molecular weight excluding hydrogens is 284 g/mol. The number of nitrogens with zero attached hydrogens (tertiary/aromatic N) is 1. The fourth-order valence-electron chi connectivity index (χ4n) is 6.15. The number of halogens is 1. The van der Waals surface area contributed by atoms with Crippen molar-refractivity contribution < 1.29 is 4.79 Å². The number of likely N-dealkylation sites (tertiary alicyclic amines) is 1. The number of rotatable bonds is 2. The molecule has 5 aliphatic rings. The molecule has 1 unspecified atom stereocenters. The molecule has 0 spiro atoms. The van der Waals surface area contributed by atoms with Crippen molar-refractivity contribution in [2.45, 2.75) is 51.4 Å². The quantitative estimate of drug-likeness (QED) is 0.852. The maximum absolute atomic E-state index is 13.2. The summed E-state index contributed by atoms with van der Waals surface area (Å²) in [5.74, 6) is 3.64. The van der Waals surface area contributed by atoms with Crippen molar-refractivity contribution in [1.82, 2.24) is 4.90 Å². The van der Waals surface area contributed by atoms with Crippen LogP contribution < -0.4 is 5.73 Å². The van der Waals surface area contributed by atoms with Gasteiger partial charge in [0.1, 0.15) is 0 Å². The van der Waals surface area contributed by atoms with Gasteiger partial charge in [0.2, 0.25) is 5.91 Å². The molecule has 4 aliphatic carbocycles. The molecule has 4 heteroatoms. The molecule has 0 aromatic rings. The first-order valence-electron chi connectivity index (χ1n) is 8.68. The minimum absolute atomic E-state index is 0. The molecule has 5 fully saturated rings. The summed E-state index contributed by atoms with van der Waals surface area (Å²) < 4.78 is 0. The van der Waals surface area contributed by atoms with Gasteiger partial charge in [-0.3, -0.25) is 4.79 Å². The third-order valence-electron chi connectivity index (χ3n) is 6.63. The standard InChI is InChI=1S/C17H28N2O.ClH/c18-10-12-2-1-3-19(11-12)16(20)17-7-13-4-14(8-17)6-15(5-13)9-17;/h12-15H,1-11,18H2;1H. The Balaban J connectivity index is 0.00000132. The summed E-state index contributed by atoms with van der Waals surface area (Å²) in [6, 6.07) is 0. The number of nitrogens with two attached hydrogens (primary N) is 1. The second kappa shape index (κ2) is 5.73. The molecule has 1 aliphatic heterocycles. The van der Waals surface area contributed by atoms with Gasteiger partial charge in [-0.2, -0.15) is 0 Å². The van der Waals surface area contributed by atoms with Crippen LogP contribution in [0.25, 0.3) is 0 Å². The van der Waals surface area contributed by atoms with E-state index in [1.54, 1.807) is 0 Å². The van der Waals surface area contributed by atoms with E-state index in [4.69, 9.17) is 5.73 Å². The Kier molecular flexibility index (Phi) is 4.26. The highest BCUT2D eigenvalue weighted by Gasteiger charge is 2.55. The van der Waals surface area contributed by atoms with Crippen LogP contribution in [0.3, 0.4) is 0 Å². The summed E-state index contributed by atoms with van der Waals surface area (Å²) in [4.78, 5) is 15.4. The molecule has 1 saturated heterocycles. The van der Waals surface area contributed by atoms with Crippen molar-refractivity contribution in [1.29, 1.82) is 0 Å². The highest BCUT2D eigenvalue weighted by Crippen LogP contribution is 2.60. The van der Waals surface area contributed by atoms with E-state index < -0.39 is 0 Å². The van der Waals surface area contributed by atoms with Crippen molar-refractivity contribution in [3.8, 4) is 0 Å². The highest BCUT2D eigenvalue weighted by molar-refractivity contribution is 5.85. The maximum atomic E-state index is 13.2. The number of amides is 1. The van der Waals surface area contributed by atoms with Crippen molar-refractivity contribution in [3.05, 3.63) is 0 Å². The van der Waals surface area contributed by atoms with Gasteiger partial charge in [-0.1, -0.05) is 0 Å². The number of carbonyl (C=O) groups is 1. The minimum Gasteiger partial charge on any atom is -0.342 e. The summed E-state index contributed by atoms with van der Waals surface area (Å²) in [7, 11) is 0. The molecule has 3 nitrogen and oxygen atoms in total. The molecule has 0 radical (unpaired) electrons. The van der Waals surface area contributed by atoms with Crippen LogP contribution >= 0.6 is 12.4 Å². The van der Waals surface area contributed by atoms with E-state index >= 15 is 0 Å². The SMILES string of the molecule is Cl.NCC1CCCN(C(=O)C23CC4CC(CC(C4)C2)C3)C1. The monoisotopic (exact) mass is 312 g/mol. The zero-order valence-corrected chi connectivity index (χ0v) is 13.7. The largest absolute Gasteiger partial charge is 0.342 e. The van der Waals surface area contributed by atoms with Gasteiger partial charge in [-0.15, -0.1) is 12.4 Å². The topological polar surface area (TPSA) is 46.3 Å². The fourth-order valence-corrected chi connectivity index (χ4v) is 6.15. The Morgan fingerprint density at radius 3 is 2.19 bits per heavy atom. The summed E-state index contributed by atoms with van der Waals surface area (Å²) in [6.45, 7) is 2.65. The van der Waals surface area contributed by atoms with Crippen LogP contribution in [0.4, 0.5) is 0 Å². The summed E-state index contributed by atoms with van der Waals surface area (Å²) in [5, 5.41) is 0. The molecule has 0 aromatic carbocycles. The average Bonchev–Trinajstić information content (AvgIpc) is 2.45. The third-order valence-corrected chi connectivity index (χ3v) is 6.63. The molecule has 120 valence electrons. The van der Waals surface area contributed by atoms with E-state index in [2.05, 4.69) is 4.90 Å². The Morgan fingerprint density at radius 2 is 1.67 bits per heavy atom. The van der Waals surface area contributed by atoms with Gasteiger partial charge in [0.15, 0.2) is 0 Å². The van der Waals surface area contributed by atoms with Crippen LogP contribution in [0.2, 0.25) is 0 Å². The second-order valence-corrected chi connectivity index (χ2v) is 8.19. The maximum Gasteiger partial charge on any atom is 0.228 e. The molecule has 1 heterocycles. The first-order chi connectivity index (χ1) is 9.68. The van der Waals surface area contributed by atoms with Crippen molar-refractivity contribution >= 4 is 18.3 Å². The van der Waals surface area contributed by atoms with Gasteiger partial charge >= 0.3 is 0 Å². The summed E-state index contributed by atoms with van der Waals surface area (Å²) in [6.07, 6.45) is 10.2. The lowest BCUT2D eigenvalue weighted by Gasteiger charge is -2.57. The highest BCUT2D eigenvalue weighted by atomic mass is 35.5. The smallest absolute Gasteiger partial charge is 0.228 e. The number of piperidine rings is 1. The Bertz CT molecular complexity index is 376. The fraction of sp³-hybridized carbons (Fsp3) is 0.941. The zero-order chi connectivity index (χ0) is 13.7. The molecule has 0 aromatic heterocycles. The van der Waals surface area contributed by atoms with Crippen LogP contribution in [0.5, 0.6) is 0 Å². The van der Waals surface area contributed by atoms with Gasteiger partial charge in [0, 0.05) is 13.1 Å². The van der Waals surface area contributed by atoms with E-state index in [9.17, 15) is 4.79 Å². The van der Waals surface area contributed by atoms with E-state index in [1.807, 2.05) is 0 Å². The molecule has 1 amide bonds. The van der Waals surface area contributed by atoms with Crippen molar-refractivity contribution in [2.24, 2.45) is 34.8 Å². The second-order valence-electron chi connectivity index (χ2n) is 8.19. The molecule has 21 heavy (non-hydrogen) atoms. The number of hydrogen-bond acceptors (Lipinski definition) is 2. The van der Waals surface area contributed by atoms with E-state index in [-0.39, 0.29) is 17.8 Å². The normalized spacial score (nSPS) is 44.5. The molecule has 4 saturated carbocycles. The molecule has 1 atom stereocenters. The molecule has 2 N–H and O–H groups in total. The van der Waals surface area contributed by atoms with E-state index in [1.165, 1.54) is 44.9 Å². The minimum atomic E-state index is 0. The molecule has 4 bridgehead atoms. The van der Waals surface area contributed by atoms with Crippen molar-refractivity contribution in [3.63, 3.8) is 0 Å². The van der Waals surface area contributed by atoms with Gasteiger partial charge < -0.3 is 10.6 Å². The predicted molar refractivity (Wildman–Crippen MR) is 86.2 cm³/mol. The van der Waals surface area contributed by atoms with Gasteiger partial charge in [-0.05, 0) is 81.6 Å². The first kappa shape index (κ1) is 15.6. The van der Waals surface area contributed by atoms with Crippen LogP contribution in [-0.2, 0) is 4.79 Å². The van der Waals surface area contributed by atoms with E-state index in [0.717, 1.165) is 43.8 Å². The van der Waals surface area contributed by atoms with Crippen molar-refractivity contribution in [2.75, 3.05) is 19.6 Å². The van der Waals surface area contributed by atoms with Gasteiger partial charge in [-0.25, -0.2) is 0 Å². The number of hydrogen-bond donors (Lipinski definition) is 1. The average molecular weight is 313 g/mol. The molecule has 5 rings (SSSR count). The zero-order valence-electron chi connectivity index (χ0n) is 12.9. The summed E-state index contributed by atoms with van der Waals surface area (Å²) >= 11 is 0. The predicted octanol–water partition coefficient (Wildman–Crippen LogP) is 2.82. The Hall–Kier alpha value is -0.280. The number of carbonyl (C=O) groups excluding carboxylic acids is 1. The lowest BCUT2D eigenvalue weighted by Crippen LogP contribution is -2.56. The Morgan fingerprint density at radius 1 is 1.10 bits per heavy atom. The summed E-state index contributed by atoms with van der Waals surface area (Å²) in [5.41, 5.74) is 5.88.